The Kier molecular flexibility index (Phi) is 25.9. The van der Waals surface area contributed by atoms with Crippen molar-refractivity contribution in [2.24, 2.45) is 17.8 Å². The van der Waals surface area contributed by atoms with Crippen LogP contribution in [0.5, 0.6) is 0 Å². The van der Waals surface area contributed by atoms with E-state index in [4.69, 9.17) is 18.9 Å². The molecule has 3 heterocycles. The van der Waals surface area contributed by atoms with E-state index in [0.717, 1.165) is 0 Å². The van der Waals surface area contributed by atoms with Crippen LogP contribution in [0.15, 0.2) is 85.1 Å². The van der Waals surface area contributed by atoms with Crippen LogP contribution in [-0.2, 0) is 28.5 Å². The molecule has 376 valence electrons. The first kappa shape index (κ1) is 59.0. The molecule has 66 heavy (non-hydrogen) atoms. The van der Waals surface area contributed by atoms with Gasteiger partial charge in [-0.1, -0.05) is 98.9 Å². The lowest BCUT2D eigenvalue weighted by molar-refractivity contribution is -0.488. The Morgan fingerprint density at radius 3 is 1.80 bits per heavy atom. The van der Waals surface area contributed by atoms with Gasteiger partial charge in [0.15, 0.2) is 18.2 Å². The lowest BCUT2D eigenvalue weighted by Crippen LogP contribution is -3.00. The van der Waals surface area contributed by atoms with E-state index in [1.165, 1.54) is 6.08 Å². The molecule has 18 nitrogen and oxygen atoms in total. The molecule has 19 unspecified atom stereocenters. The summed E-state index contributed by atoms with van der Waals surface area (Å²) in [7, 11) is 0. The summed E-state index contributed by atoms with van der Waals surface area (Å²) in [5, 5.41) is 118. The Morgan fingerprint density at radius 2 is 1.23 bits per heavy atom. The number of hydrogen-bond donors (Lipinski definition) is 12. The fourth-order valence-electron chi connectivity index (χ4n) is 8.02. The highest BCUT2D eigenvalue weighted by Crippen LogP contribution is 2.38. The first-order valence-electron chi connectivity index (χ1n) is 22.4. The van der Waals surface area contributed by atoms with Crippen LogP contribution in [-0.4, -0.2) is 166 Å². The first-order valence-corrected chi connectivity index (χ1v) is 22.4. The van der Waals surface area contributed by atoms with Crippen molar-refractivity contribution in [2.75, 3.05) is 0 Å². The topological polar surface area (TPSA) is 321 Å². The number of carboxylic acid groups (broad SMARTS) is 1. The zero-order valence-electron chi connectivity index (χ0n) is 38.1. The second-order valence-corrected chi connectivity index (χ2v) is 17.7. The summed E-state index contributed by atoms with van der Waals surface area (Å²) >= 11 is 0. The lowest BCUT2D eigenvalue weighted by Gasteiger charge is -2.45. The molecule has 0 aromatic carbocycles. The molecule has 0 radical (unpaired) electrons. The van der Waals surface area contributed by atoms with Crippen LogP contribution in [0.2, 0.25) is 0 Å². The van der Waals surface area contributed by atoms with Crippen LogP contribution < -0.4 is 18.1 Å². The van der Waals surface area contributed by atoms with Crippen molar-refractivity contribution in [1.82, 2.24) is 0 Å². The molecule has 2 bridgehead atoms. The number of quaternary nitrogens is 1. The zero-order valence-corrected chi connectivity index (χ0v) is 38.8. The van der Waals surface area contributed by atoms with Crippen molar-refractivity contribution in [2.45, 2.75) is 177 Å². The highest BCUT2D eigenvalue weighted by molar-refractivity contribution is 5.71. The number of aliphatic hydroxyl groups is 10. The molecule has 0 aromatic heterocycles. The molecule has 3 aliphatic heterocycles. The monoisotopic (exact) mass is 959 g/mol. The third-order valence-electron chi connectivity index (χ3n) is 12.1. The van der Waals surface area contributed by atoms with Gasteiger partial charge in [-0.25, -0.2) is 0 Å². The fraction of sp³-hybridized carbons (Fsp3) is 0.660. The molecule has 19 heteroatoms. The van der Waals surface area contributed by atoms with Gasteiger partial charge in [0.05, 0.1) is 67.5 Å². The highest BCUT2D eigenvalue weighted by atomic mass is 35.5. The largest absolute Gasteiger partial charge is 1.00 e. The van der Waals surface area contributed by atoms with E-state index in [-0.39, 0.29) is 44.0 Å². The van der Waals surface area contributed by atoms with E-state index in [9.17, 15) is 65.8 Å². The predicted octanol–water partition coefficient (Wildman–Crippen LogP) is -3.00. The quantitative estimate of drug-likeness (QED) is 0.126. The van der Waals surface area contributed by atoms with Gasteiger partial charge >= 0.3 is 11.9 Å². The maximum absolute atomic E-state index is 12.6. The second-order valence-electron chi connectivity index (χ2n) is 17.7. The van der Waals surface area contributed by atoms with Gasteiger partial charge < -0.3 is 93.3 Å². The van der Waals surface area contributed by atoms with Crippen molar-refractivity contribution < 1.29 is 103 Å². The number of carbonyl (C=O) groups excluding carboxylic acids is 1. The molecular weight excluding hydrogens is 886 g/mol. The Labute approximate surface area is 393 Å². The number of aliphatic carboxylic acids is 1. The van der Waals surface area contributed by atoms with Crippen LogP contribution >= 0.6 is 0 Å². The number of halogens is 1. The minimum Gasteiger partial charge on any atom is -1.00 e. The molecule has 3 rings (SSSR count). The number of esters is 1. The molecule has 2 saturated heterocycles. The van der Waals surface area contributed by atoms with E-state index in [1.807, 2.05) is 31.2 Å². The first-order chi connectivity index (χ1) is 30.6. The average Bonchev–Trinajstić information content (AvgIpc) is 3.21. The number of carbonyl (C=O) groups is 2. The summed E-state index contributed by atoms with van der Waals surface area (Å²) in [6, 6.07) is -0.898. The number of fused-ring (bicyclic) bond motifs is 2. The van der Waals surface area contributed by atoms with Crippen LogP contribution in [0.4, 0.5) is 0 Å². The standard InChI is InChI=1S/C47H73NO17.ClH/c1-27-17-15-13-11-9-7-5-6-8-10-12-14-16-18-34(64-46-44(58)41(48)43(57)30(4)63-46)24-38-40(45(59)60)37(54)26-47(61,65-38)25-33(51)22-36(53)35(52)20-19-31(49)21-32(50)23-39(55)62-29(3)28(2)42(27)56;/h5-18,27-38,40-44,46,49-54,56-58,61H,19-26,48H2,1-4H3,(H,59,60);1H/b6-5+,9-7+,10-8+,13-11+,14-12+,17-15-,18-16+;. The van der Waals surface area contributed by atoms with Crippen molar-refractivity contribution >= 4 is 11.9 Å². The summed E-state index contributed by atoms with van der Waals surface area (Å²) in [5.41, 5.74) is 3.82. The van der Waals surface area contributed by atoms with Gasteiger partial charge in [-0.3, -0.25) is 9.59 Å². The van der Waals surface area contributed by atoms with Crippen molar-refractivity contribution in [3.05, 3.63) is 85.1 Å². The van der Waals surface area contributed by atoms with Gasteiger partial charge in [-0.05, 0) is 33.1 Å². The van der Waals surface area contributed by atoms with Gasteiger partial charge in [0.2, 0.25) is 0 Å². The summed E-state index contributed by atoms with van der Waals surface area (Å²) in [4.78, 5) is 25.1. The van der Waals surface area contributed by atoms with Gasteiger partial charge in [-0.15, -0.1) is 0 Å². The van der Waals surface area contributed by atoms with E-state index in [0.29, 0.717) is 0 Å². The summed E-state index contributed by atoms with van der Waals surface area (Å²) < 4.78 is 23.2. The Morgan fingerprint density at radius 1 is 0.667 bits per heavy atom. The molecule has 19 atom stereocenters. The Balaban J connectivity index is 0.0000150. The minimum atomic E-state index is -2.32. The Bertz CT molecular complexity index is 1670. The maximum atomic E-state index is 12.6. The summed E-state index contributed by atoms with van der Waals surface area (Å²) in [6.45, 7) is 6.79. The van der Waals surface area contributed by atoms with Crippen LogP contribution in [0, 0.1) is 17.8 Å². The van der Waals surface area contributed by atoms with Crippen LogP contribution in [0.3, 0.4) is 0 Å². The summed E-state index contributed by atoms with van der Waals surface area (Å²) in [5.74, 6) is -6.79. The normalized spacial score (nSPS) is 44.8. The number of hydrogen-bond acceptors (Lipinski definition) is 16. The average molecular weight is 961 g/mol. The molecule has 3 aliphatic rings. The number of allylic oxidation sites excluding steroid dienone is 12. The number of carboxylic acids is 1. The van der Waals surface area contributed by atoms with Crippen LogP contribution in [0.1, 0.15) is 79.1 Å². The van der Waals surface area contributed by atoms with Gasteiger partial charge in [0, 0.05) is 37.5 Å². The molecule has 0 spiro atoms. The third kappa shape index (κ3) is 19.5. The molecule has 2 fully saturated rings. The van der Waals surface area contributed by atoms with Crippen molar-refractivity contribution in [3.8, 4) is 0 Å². The molecular formula is C47H74ClNO17. The van der Waals surface area contributed by atoms with Crippen molar-refractivity contribution in [1.29, 1.82) is 0 Å². The zero-order chi connectivity index (χ0) is 48.4. The van der Waals surface area contributed by atoms with Gasteiger partial charge in [-0.2, -0.15) is 0 Å². The Hall–Kier alpha value is -3.15. The maximum Gasteiger partial charge on any atom is 0.311 e. The predicted molar refractivity (Wildman–Crippen MR) is 236 cm³/mol. The minimum absolute atomic E-state index is 0. The smallest absolute Gasteiger partial charge is 0.311 e. The highest BCUT2D eigenvalue weighted by Gasteiger charge is 2.51. The molecule has 0 amide bonds. The second kappa shape index (κ2) is 29.0. The third-order valence-corrected chi connectivity index (χ3v) is 12.1. The van der Waals surface area contributed by atoms with Gasteiger partial charge in [0.1, 0.15) is 24.2 Å². The van der Waals surface area contributed by atoms with E-state index < -0.39 is 147 Å². The number of aliphatic hydroxyl groups excluding tert-OH is 9. The summed E-state index contributed by atoms with van der Waals surface area (Å²) in [6.07, 6.45) is 4.05. The molecule has 0 saturated carbocycles. The SMILES string of the molecule is CC1\C=C/C=C/C=C/C=C/C=C/C=C/C=C/C(OC2OC(C)C(O)C([NH3+])C2O)CC2OC(O)(CC(O)CC(O)C(O)CCC(O)CC(O)CC(=O)OC(C)C(C)C1O)CC(O)C2C(=O)O.[Cl-]. The molecule has 0 aliphatic carbocycles. The number of rotatable bonds is 3. The van der Waals surface area contributed by atoms with E-state index in [2.05, 4.69) is 5.73 Å². The molecule has 14 N–H and O–H groups in total. The lowest BCUT2D eigenvalue weighted by atomic mass is 9.82. The fourth-order valence-corrected chi connectivity index (χ4v) is 8.02. The molecule has 0 aromatic rings. The number of ether oxygens (including phenoxy) is 4. The number of cyclic esters (lactones) is 1. The van der Waals surface area contributed by atoms with Gasteiger partial charge in [0.25, 0.3) is 0 Å². The van der Waals surface area contributed by atoms with Crippen LogP contribution in [0.25, 0.3) is 0 Å². The van der Waals surface area contributed by atoms with E-state index in [1.54, 1.807) is 75.5 Å². The van der Waals surface area contributed by atoms with Crippen molar-refractivity contribution in [3.63, 3.8) is 0 Å². The van der Waals surface area contributed by atoms with E-state index >= 15 is 0 Å².